The molecule has 4 saturated carbocycles. The second kappa shape index (κ2) is 10.6. The number of nitrogens with zero attached hydrogens (tertiary/aromatic N) is 2. The molecule has 10 atom stereocenters. The van der Waals surface area contributed by atoms with Gasteiger partial charge < -0.3 is 44.4 Å². The number of aliphatic hydroxyl groups excluding tert-OH is 1. The standard InChI is InChI=1S/C43H52N2O9/c1-21-33(48)27-18-26(35(50)37-32(27)40(12-14-44(2)19-22-4-5-22)38(54-37)28(46)8-10-42(21,40)51)25-16-24-17-30-43(52)11-9-29(47)39-41(43,31(24)36(53-39)34(25)49)13-15-45(30,3)20-23-6-7-23/h16,18,21-23,30,33,38-39,48,51-52H,4-15,17,19-20H2,1-3H3,(H-,49,50)/p+1/t21-,30-,33?,38?,39?,40+,41+,42-,43-,45?/m1/s1. The number of hydrogen-bond acceptors (Lipinski definition) is 10. The highest BCUT2D eigenvalue weighted by molar-refractivity contribution is 5.94. The van der Waals surface area contributed by atoms with Crippen molar-refractivity contribution in [3.63, 3.8) is 0 Å². The van der Waals surface area contributed by atoms with Gasteiger partial charge in [0.1, 0.15) is 11.6 Å². The number of hydrogen-bond donors (Lipinski definition) is 5. The van der Waals surface area contributed by atoms with E-state index in [1.165, 1.54) is 25.7 Å². The SMILES string of the molecule is C[C@@H]1C(O)c2cc(-c3cc4c5c(c3O)OC3C(=O)CC[C@@]6(O)[C@@H](C4)[N+](C)(CC4CC4)CC[C@]536)c(O)c3c2[C@@]2(CCN(C)CC4CC4)C(O3)C(=O)CC[C@@]12O. The lowest BCUT2D eigenvalue weighted by molar-refractivity contribution is -0.950. The van der Waals surface area contributed by atoms with Gasteiger partial charge in [-0.15, -0.1) is 0 Å². The number of aromatic hydroxyl groups is 2. The molecule has 3 aliphatic heterocycles. The van der Waals surface area contributed by atoms with Crippen LogP contribution < -0.4 is 9.47 Å². The van der Waals surface area contributed by atoms with Crippen LogP contribution in [0.15, 0.2) is 12.1 Å². The van der Waals surface area contributed by atoms with Crippen LogP contribution in [0.3, 0.4) is 0 Å². The molecule has 9 aliphatic rings. The van der Waals surface area contributed by atoms with Gasteiger partial charge in [0.15, 0.2) is 46.8 Å². The molecule has 4 unspecified atom stereocenters. The highest BCUT2D eigenvalue weighted by atomic mass is 16.5. The molecule has 11 nitrogen and oxygen atoms in total. The van der Waals surface area contributed by atoms with Crippen molar-refractivity contribution in [1.29, 1.82) is 0 Å². The number of likely N-dealkylation sites (tertiary alicyclic amines) is 1. The van der Waals surface area contributed by atoms with Crippen molar-refractivity contribution < 1.29 is 49.1 Å². The minimum atomic E-state index is -1.45. The van der Waals surface area contributed by atoms with Gasteiger partial charge in [-0.25, -0.2) is 0 Å². The van der Waals surface area contributed by atoms with Crippen molar-refractivity contribution in [2.45, 2.75) is 124 Å². The van der Waals surface area contributed by atoms with E-state index in [4.69, 9.17) is 9.47 Å². The van der Waals surface area contributed by atoms with E-state index in [0.717, 1.165) is 35.2 Å². The van der Waals surface area contributed by atoms with Gasteiger partial charge in [0.25, 0.3) is 0 Å². The van der Waals surface area contributed by atoms with Crippen LogP contribution in [-0.2, 0) is 26.8 Å². The van der Waals surface area contributed by atoms with E-state index in [9.17, 15) is 35.1 Å². The van der Waals surface area contributed by atoms with Crippen molar-refractivity contribution in [1.82, 2.24) is 4.90 Å². The first-order chi connectivity index (χ1) is 25.7. The minimum Gasteiger partial charge on any atom is -0.504 e. The maximum atomic E-state index is 13.8. The molecule has 1 saturated heterocycles. The Kier molecular flexibility index (Phi) is 6.68. The van der Waals surface area contributed by atoms with Crippen LogP contribution in [0.1, 0.15) is 99.5 Å². The molecule has 0 aromatic heterocycles. The number of carbonyl (C=O) groups is 2. The zero-order valence-electron chi connectivity index (χ0n) is 31.6. The number of phenols is 2. The molecule has 3 heterocycles. The number of ether oxygens (including phenoxy) is 2. The third-order valence-corrected chi connectivity index (χ3v) is 16.6. The topological polar surface area (TPSA) is 157 Å². The van der Waals surface area contributed by atoms with Crippen LogP contribution in [0.4, 0.5) is 0 Å². The summed E-state index contributed by atoms with van der Waals surface area (Å²) >= 11 is 0. The van der Waals surface area contributed by atoms with Gasteiger partial charge in [0.05, 0.1) is 42.7 Å². The Morgan fingerprint density at radius 2 is 1.50 bits per heavy atom. The lowest BCUT2D eigenvalue weighted by Crippen LogP contribution is -2.80. The Balaban J connectivity index is 1.09. The van der Waals surface area contributed by atoms with Gasteiger partial charge in [-0.1, -0.05) is 6.92 Å². The quantitative estimate of drug-likeness (QED) is 0.254. The van der Waals surface area contributed by atoms with E-state index in [-0.39, 0.29) is 71.0 Å². The number of benzene rings is 2. The molecular weight excluding hydrogens is 688 g/mol. The molecule has 0 radical (unpaired) electrons. The summed E-state index contributed by atoms with van der Waals surface area (Å²) in [5, 5.41) is 62.2. The second-order valence-electron chi connectivity index (χ2n) is 19.4. The number of Topliss-reactive ketones (excluding diaryl/α,β-unsaturated/α-hetero) is 2. The van der Waals surface area contributed by atoms with Crippen LogP contribution in [0.25, 0.3) is 11.1 Å². The fourth-order valence-corrected chi connectivity index (χ4v) is 13.5. The molecule has 5 fully saturated rings. The van der Waals surface area contributed by atoms with Crippen LogP contribution in [0, 0.1) is 17.8 Å². The Hall–Kier alpha value is -3.22. The monoisotopic (exact) mass is 741 g/mol. The maximum absolute atomic E-state index is 13.8. The van der Waals surface area contributed by atoms with Gasteiger partial charge in [-0.3, -0.25) is 9.59 Å². The van der Waals surface area contributed by atoms with E-state index in [1.54, 1.807) is 6.07 Å². The summed E-state index contributed by atoms with van der Waals surface area (Å²) in [6.45, 7) is 5.16. The fourth-order valence-electron chi connectivity index (χ4n) is 13.5. The maximum Gasteiger partial charge on any atom is 0.174 e. The van der Waals surface area contributed by atoms with Crippen molar-refractivity contribution in [2.24, 2.45) is 17.8 Å². The largest absolute Gasteiger partial charge is 0.504 e. The van der Waals surface area contributed by atoms with Crippen LogP contribution >= 0.6 is 0 Å². The Bertz CT molecular complexity index is 2060. The predicted octanol–water partition coefficient (Wildman–Crippen LogP) is 3.55. The molecule has 0 amide bonds. The predicted molar refractivity (Wildman–Crippen MR) is 195 cm³/mol. The normalized spacial score (nSPS) is 42.1. The summed E-state index contributed by atoms with van der Waals surface area (Å²) in [7, 11) is 4.31. The van der Waals surface area contributed by atoms with E-state index < -0.39 is 46.3 Å². The highest BCUT2D eigenvalue weighted by Crippen LogP contribution is 2.70. The number of phenolic OH excluding ortho intramolecular Hbond substituents is 2. The summed E-state index contributed by atoms with van der Waals surface area (Å²) in [6, 6.07) is 3.42. The lowest BCUT2D eigenvalue weighted by atomic mass is 9.48. The number of carbonyl (C=O) groups excluding carboxylic acids is 2. The molecule has 5 N–H and O–H groups in total. The third-order valence-electron chi connectivity index (χ3n) is 16.6. The van der Waals surface area contributed by atoms with Crippen molar-refractivity contribution in [3.05, 3.63) is 34.4 Å². The van der Waals surface area contributed by atoms with Gasteiger partial charge in [-0.05, 0) is 87.7 Å². The number of aliphatic hydroxyl groups is 3. The smallest absolute Gasteiger partial charge is 0.174 e. The average Bonchev–Trinajstić information content (AvgIpc) is 4.07. The molecule has 2 aromatic carbocycles. The molecule has 2 aromatic rings. The fraction of sp³-hybridized carbons (Fsp3) is 0.674. The number of piperidine rings is 1. The number of ketones is 2. The molecule has 11 rings (SSSR count). The van der Waals surface area contributed by atoms with Gasteiger partial charge in [0.2, 0.25) is 0 Å². The summed E-state index contributed by atoms with van der Waals surface area (Å²) < 4.78 is 13.8. The first-order valence-electron chi connectivity index (χ1n) is 20.5. The molecule has 1 spiro atoms. The Labute approximate surface area is 315 Å². The molecule has 11 heteroatoms. The van der Waals surface area contributed by atoms with Gasteiger partial charge in [-0.2, -0.15) is 0 Å². The zero-order valence-corrected chi connectivity index (χ0v) is 31.6. The van der Waals surface area contributed by atoms with E-state index in [1.807, 2.05) is 13.0 Å². The highest BCUT2D eigenvalue weighted by Gasteiger charge is 2.77. The Morgan fingerprint density at radius 3 is 2.20 bits per heavy atom. The lowest BCUT2D eigenvalue weighted by Gasteiger charge is -2.64. The molecule has 2 bridgehead atoms. The third kappa shape index (κ3) is 3.91. The van der Waals surface area contributed by atoms with Gasteiger partial charge >= 0.3 is 0 Å². The summed E-state index contributed by atoms with van der Waals surface area (Å²) in [5.74, 6) is 0.220. The number of likely N-dealkylation sites (N-methyl/N-ethyl adjacent to an activating group) is 1. The molecule has 54 heavy (non-hydrogen) atoms. The van der Waals surface area contributed by atoms with Crippen LogP contribution in [-0.4, -0.2) is 116 Å². The van der Waals surface area contributed by atoms with E-state index >= 15 is 0 Å². The minimum absolute atomic E-state index is 0.0649. The second-order valence-corrected chi connectivity index (χ2v) is 19.4. The first-order valence-corrected chi connectivity index (χ1v) is 20.5. The molecule has 6 aliphatic carbocycles. The van der Waals surface area contributed by atoms with E-state index in [0.29, 0.717) is 55.2 Å². The number of quaternary nitrogens is 1. The van der Waals surface area contributed by atoms with Crippen LogP contribution in [0.2, 0.25) is 0 Å². The van der Waals surface area contributed by atoms with Crippen molar-refractivity contribution in [2.75, 3.05) is 40.3 Å². The summed E-state index contributed by atoms with van der Waals surface area (Å²) in [5.41, 5.74) is -1.66. The molecule has 288 valence electrons. The van der Waals surface area contributed by atoms with Crippen molar-refractivity contribution in [3.8, 4) is 34.1 Å². The zero-order chi connectivity index (χ0) is 37.5. The first kappa shape index (κ1) is 34.1. The van der Waals surface area contributed by atoms with E-state index in [2.05, 4.69) is 19.0 Å². The summed E-state index contributed by atoms with van der Waals surface area (Å²) in [4.78, 5) is 29.8. The summed E-state index contributed by atoms with van der Waals surface area (Å²) in [6.07, 6.45) is 4.13. The Morgan fingerprint density at radius 1 is 0.870 bits per heavy atom. The van der Waals surface area contributed by atoms with Gasteiger partial charge in [0, 0.05) is 66.3 Å². The average molecular weight is 742 g/mol. The molecular formula is C43H53N2O9+. The van der Waals surface area contributed by atoms with Crippen molar-refractivity contribution >= 4 is 11.6 Å². The number of rotatable bonds is 8. The van der Waals surface area contributed by atoms with Crippen LogP contribution in [0.5, 0.6) is 23.0 Å².